The lowest BCUT2D eigenvalue weighted by atomic mass is 10.4. The summed E-state index contributed by atoms with van der Waals surface area (Å²) in [5.74, 6) is 0.824. The molecule has 0 saturated carbocycles. The summed E-state index contributed by atoms with van der Waals surface area (Å²) in [5, 5.41) is 5.95. The predicted octanol–water partition coefficient (Wildman–Crippen LogP) is 0.776. The largest absolute Gasteiger partial charge is 0.385 e. The van der Waals surface area contributed by atoms with E-state index in [-0.39, 0.29) is 5.91 Å². The molecule has 0 fully saturated rings. The van der Waals surface area contributed by atoms with Gasteiger partial charge in [0.05, 0.1) is 5.69 Å². The molecule has 0 spiro atoms. The summed E-state index contributed by atoms with van der Waals surface area (Å²) in [6.45, 7) is 6.35. The summed E-state index contributed by atoms with van der Waals surface area (Å²) in [6.07, 6.45) is 2.96. The lowest BCUT2D eigenvalue weighted by molar-refractivity contribution is -0.118. The Labute approximate surface area is 108 Å². The molecule has 2 N–H and O–H groups in total. The molecule has 1 rings (SSSR count). The monoisotopic (exact) mass is 254 g/mol. The van der Waals surface area contributed by atoms with E-state index in [4.69, 9.17) is 4.74 Å². The molecule has 0 aliphatic heterocycles. The number of nitrogens with zero attached hydrogens (tertiary/aromatic N) is 2. The van der Waals surface area contributed by atoms with Crippen LogP contribution in [0.5, 0.6) is 0 Å². The van der Waals surface area contributed by atoms with Gasteiger partial charge in [-0.05, 0) is 13.3 Å². The van der Waals surface area contributed by atoms with Crippen LogP contribution in [0.1, 0.15) is 19.0 Å². The maximum Gasteiger partial charge on any atom is 0.216 e. The minimum Gasteiger partial charge on any atom is -0.385 e. The summed E-state index contributed by atoms with van der Waals surface area (Å²) < 4.78 is 7.11. The Morgan fingerprint density at radius 2 is 2.28 bits per heavy atom. The Balaban J connectivity index is 2.40. The van der Waals surface area contributed by atoms with Crippen LogP contribution in [-0.4, -0.2) is 42.3 Å². The van der Waals surface area contributed by atoms with E-state index in [0.717, 1.165) is 31.2 Å². The second-order valence-electron chi connectivity index (χ2n) is 4.16. The highest BCUT2D eigenvalue weighted by Gasteiger charge is 2.04. The summed E-state index contributed by atoms with van der Waals surface area (Å²) >= 11 is 0. The van der Waals surface area contributed by atoms with Crippen molar-refractivity contribution in [2.24, 2.45) is 0 Å². The van der Waals surface area contributed by atoms with Gasteiger partial charge < -0.3 is 19.9 Å². The Bertz CT molecular complexity index is 376. The zero-order chi connectivity index (χ0) is 13.4. The van der Waals surface area contributed by atoms with Gasteiger partial charge in [-0.2, -0.15) is 0 Å². The fourth-order valence-corrected chi connectivity index (χ4v) is 1.65. The van der Waals surface area contributed by atoms with Crippen molar-refractivity contribution in [2.45, 2.75) is 26.8 Å². The molecule has 0 atom stereocenters. The minimum absolute atomic E-state index is 0.0172. The number of amides is 1. The van der Waals surface area contributed by atoms with Crippen LogP contribution in [-0.2, 0) is 16.1 Å². The van der Waals surface area contributed by atoms with Crippen molar-refractivity contribution in [3.8, 4) is 0 Å². The number of imidazole rings is 1. The molecular weight excluding hydrogens is 232 g/mol. The van der Waals surface area contributed by atoms with Crippen LogP contribution in [0.4, 0.5) is 5.95 Å². The number of hydrogen-bond acceptors (Lipinski definition) is 4. The summed E-state index contributed by atoms with van der Waals surface area (Å²) in [7, 11) is 1.70. The summed E-state index contributed by atoms with van der Waals surface area (Å²) in [4.78, 5) is 15.1. The van der Waals surface area contributed by atoms with Crippen molar-refractivity contribution in [1.82, 2.24) is 14.9 Å². The number of carbonyl (C=O) groups is 1. The van der Waals surface area contributed by atoms with Gasteiger partial charge >= 0.3 is 0 Å². The molecule has 0 radical (unpaired) electrons. The number of ether oxygens (including phenoxy) is 1. The smallest absolute Gasteiger partial charge is 0.216 e. The molecule has 1 amide bonds. The highest BCUT2D eigenvalue weighted by atomic mass is 16.5. The highest BCUT2D eigenvalue weighted by molar-refractivity contribution is 5.72. The standard InChI is InChI=1S/C12H22N4O2/c1-10-9-16(7-4-8-18-3)12(15-10)14-6-5-13-11(2)17/h9H,4-8H2,1-3H3,(H,13,17)(H,14,15). The second-order valence-corrected chi connectivity index (χ2v) is 4.16. The van der Waals surface area contributed by atoms with Crippen LogP contribution in [0.15, 0.2) is 6.20 Å². The first kappa shape index (κ1) is 14.5. The zero-order valence-corrected chi connectivity index (χ0v) is 11.3. The van der Waals surface area contributed by atoms with E-state index in [1.54, 1.807) is 7.11 Å². The van der Waals surface area contributed by atoms with E-state index >= 15 is 0 Å². The molecule has 6 heteroatoms. The van der Waals surface area contributed by atoms with Crippen molar-refractivity contribution in [3.63, 3.8) is 0 Å². The highest BCUT2D eigenvalue weighted by Crippen LogP contribution is 2.08. The van der Waals surface area contributed by atoms with Crippen LogP contribution >= 0.6 is 0 Å². The van der Waals surface area contributed by atoms with Gasteiger partial charge in [0.2, 0.25) is 11.9 Å². The van der Waals surface area contributed by atoms with Gasteiger partial charge in [-0.1, -0.05) is 0 Å². The first-order chi connectivity index (χ1) is 8.63. The van der Waals surface area contributed by atoms with E-state index in [0.29, 0.717) is 13.1 Å². The molecule has 6 nitrogen and oxygen atoms in total. The van der Waals surface area contributed by atoms with Gasteiger partial charge in [-0.15, -0.1) is 0 Å². The number of anilines is 1. The van der Waals surface area contributed by atoms with Crippen molar-refractivity contribution in [3.05, 3.63) is 11.9 Å². The van der Waals surface area contributed by atoms with E-state index in [9.17, 15) is 4.79 Å². The van der Waals surface area contributed by atoms with Crippen molar-refractivity contribution in [2.75, 3.05) is 32.1 Å². The number of hydrogen-bond donors (Lipinski definition) is 2. The average molecular weight is 254 g/mol. The van der Waals surface area contributed by atoms with E-state index < -0.39 is 0 Å². The van der Waals surface area contributed by atoms with E-state index in [2.05, 4.69) is 20.2 Å². The number of nitrogens with one attached hydrogen (secondary N) is 2. The lowest BCUT2D eigenvalue weighted by Crippen LogP contribution is -2.27. The fraction of sp³-hybridized carbons (Fsp3) is 0.667. The Morgan fingerprint density at radius 1 is 1.50 bits per heavy atom. The maximum absolute atomic E-state index is 10.7. The molecule has 0 unspecified atom stereocenters. The third-order valence-corrected chi connectivity index (χ3v) is 2.43. The van der Waals surface area contributed by atoms with Crippen LogP contribution in [0.3, 0.4) is 0 Å². The lowest BCUT2D eigenvalue weighted by Gasteiger charge is -2.09. The van der Waals surface area contributed by atoms with Crippen molar-refractivity contribution < 1.29 is 9.53 Å². The van der Waals surface area contributed by atoms with Crippen molar-refractivity contribution >= 4 is 11.9 Å². The first-order valence-electron chi connectivity index (χ1n) is 6.14. The van der Waals surface area contributed by atoms with Gasteiger partial charge in [0.15, 0.2) is 0 Å². The van der Waals surface area contributed by atoms with E-state index in [1.165, 1.54) is 6.92 Å². The topological polar surface area (TPSA) is 68.2 Å². The number of aromatic nitrogens is 2. The molecule has 18 heavy (non-hydrogen) atoms. The molecule has 1 aromatic rings. The van der Waals surface area contributed by atoms with Gasteiger partial charge in [-0.3, -0.25) is 4.79 Å². The van der Waals surface area contributed by atoms with Gasteiger partial charge in [-0.25, -0.2) is 4.98 Å². The number of aryl methyl sites for hydroxylation is 2. The molecular formula is C12H22N4O2. The SMILES string of the molecule is COCCCn1cc(C)nc1NCCNC(C)=O. The first-order valence-corrected chi connectivity index (χ1v) is 6.14. The molecule has 1 aromatic heterocycles. The van der Waals surface area contributed by atoms with Gasteiger partial charge in [0.1, 0.15) is 0 Å². The zero-order valence-electron chi connectivity index (χ0n) is 11.3. The minimum atomic E-state index is -0.0172. The van der Waals surface area contributed by atoms with Crippen LogP contribution < -0.4 is 10.6 Å². The predicted molar refractivity (Wildman–Crippen MR) is 70.6 cm³/mol. The average Bonchev–Trinajstić information content (AvgIpc) is 2.65. The van der Waals surface area contributed by atoms with Crippen LogP contribution in [0, 0.1) is 6.92 Å². The number of rotatable bonds is 8. The molecule has 0 aliphatic carbocycles. The Morgan fingerprint density at radius 3 is 2.94 bits per heavy atom. The third kappa shape index (κ3) is 5.18. The second kappa shape index (κ2) is 7.71. The van der Waals surface area contributed by atoms with Gasteiger partial charge in [0.25, 0.3) is 0 Å². The molecule has 0 bridgehead atoms. The van der Waals surface area contributed by atoms with Crippen molar-refractivity contribution in [1.29, 1.82) is 0 Å². The molecule has 0 saturated heterocycles. The summed E-state index contributed by atoms with van der Waals surface area (Å²) in [5.41, 5.74) is 0.981. The summed E-state index contributed by atoms with van der Waals surface area (Å²) in [6, 6.07) is 0. The molecule has 1 heterocycles. The molecule has 0 aliphatic rings. The maximum atomic E-state index is 10.7. The molecule has 102 valence electrons. The third-order valence-electron chi connectivity index (χ3n) is 2.43. The Kier molecular flexibility index (Phi) is 6.21. The van der Waals surface area contributed by atoms with Crippen LogP contribution in [0.25, 0.3) is 0 Å². The Hall–Kier alpha value is -1.56. The normalized spacial score (nSPS) is 10.4. The van der Waals surface area contributed by atoms with Gasteiger partial charge in [0, 0.05) is 46.5 Å². The van der Waals surface area contributed by atoms with Crippen LogP contribution in [0.2, 0.25) is 0 Å². The fourth-order valence-electron chi connectivity index (χ4n) is 1.65. The number of methoxy groups -OCH3 is 1. The van der Waals surface area contributed by atoms with E-state index in [1.807, 2.05) is 13.1 Å². The quantitative estimate of drug-likeness (QED) is 0.673. The molecule has 0 aromatic carbocycles. The number of carbonyl (C=O) groups excluding carboxylic acids is 1.